The fraction of sp³-hybridized carbons (Fsp3) is 0.722. The van der Waals surface area contributed by atoms with E-state index in [-0.39, 0.29) is 12.3 Å². The Labute approximate surface area is 185 Å². The van der Waals surface area contributed by atoms with Gasteiger partial charge in [0.2, 0.25) is 23.6 Å². The van der Waals surface area contributed by atoms with Crippen LogP contribution in [-0.4, -0.2) is 82.1 Å². The number of carboxylic acids is 1. The minimum absolute atomic E-state index is 0.168. The summed E-state index contributed by atoms with van der Waals surface area (Å²) in [7, 11) is 0. The summed E-state index contributed by atoms with van der Waals surface area (Å²) in [6.45, 7) is 4.72. The maximum Gasteiger partial charge on any atom is 0.326 e. The molecule has 0 radical (unpaired) electrons. The molecule has 5 unspecified atom stereocenters. The molecule has 13 heteroatoms. The zero-order valence-electron chi connectivity index (χ0n) is 18.1. The summed E-state index contributed by atoms with van der Waals surface area (Å²) >= 11 is 1.44. The summed E-state index contributed by atoms with van der Waals surface area (Å²) < 4.78 is 0. The fourth-order valence-electron chi connectivity index (χ4n) is 2.40. The van der Waals surface area contributed by atoms with Crippen LogP contribution < -0.4 is 27.4 Å². The minimum atomic E-state index is -1.63. The van der Waals surface area contributed by atoms with E-state index < -0.39 is 66.3 Å². The number of aliphatic hydroxyl groups excluding tert-OH is 1. The molecule has 0 spiro atoms. The minimum Gasteiger partial charge on any atom is -0.480 e. The molecule has 0 aromatic heterocycles. The molecule has 178 valence electrons. The molecule has 0 aliphatic heterocycles. The average Bonchev–Trinajstić information content (AvgIpc) is 2.66. The Morgan fingerprint density at radius 2 is 1.48 bits per heavy atom. The predicted octanol–water partition coefficient (Wildman–Crippen LogP) is -2.48. The molecule has 0 aromatic carbocycles. The first-order valence-electron chi connectivity index (χ1n) is 9.66. The quantitative estimate of drug-likeness (QED) is 0.145. The molecule has 0 bridgehead atoms. The van der Waals surface area contributed by atoms with Crippen molar-refractivity contribution in [3.8, 4) is 0 Å². The molecular formula is C18H33N5O7S. The van der Waals surface area contributed by atoms with Gasteiger partial charge in [0.25, 0.3) is 0 Å². The van der Waals surface area contributed by atoms with Crippen molar-refractivity contribution in [2.45, 2.75) is 63.9 Å². The number of hydrogen-bond acceptors (Lipinski definition) is 8. The van der Waals surface area contributed by atoms with Crippen LogP contribution in [0.15, 0.2) is 0 Å². The van der Waals surface area contributed by atoms with Crippen LogP contribution in [0.3, 0.4) is 0 Å². The number of nitrogens with one attached hydrogen (secondary N) is 3. The van der Waals surface area contributed by atoms with E-state index in [1.54, 1.807) is 13.8 Å². The molecule has 0 aliphatic carbocycles. The summed E-state index contributed by atoms with van der Waals surface area (Å²) in [5.41, 5.74) is 10.8. The number of aliphatic carboxylic acids is 1. The third kappa shape index (κ3) is 10.5. The van der Waals surface area contributed by atoms with Gasteiger partial charge >= 0.3 is 5.97 Å². The second-order valence-electron chi connectivity index (χ2n) is 7.41. The summed E-state index contributed by atoms with van der Waals surface area (Å²) in [4.78, 5) is 59.7. The topological polar surface area (TPSA) is 214 Å². The number of rotatable bonds is 14. The molecule has 0 aliphatic rings. The van der Waals surface area contributed by atoms with Crippen LogP contribution in [0.5, 0.6) is 0 Å². The first kappa shape index (κ1) is 28.6. The van der Waals surface area contributed by atoms with Crippen LogP contribution in [0.4, 0.5) is 0 Å². The lowest BCUT2D eigenvalue weighted by atomic mass is 10.0. The van der Waals surface area contributed by atoms with Crippen molar-refractivity contribution in [1.82, 2.24) is 16.0 Å². The largest absolute Gasteiger partial charge is 0.480 e. The van der Waals surface area contributed by atoms with Crippen molar-refractivity contribution in [1.29, 1.82) is 0 Å². The first-order chi connectivity index (χ1) is 14.3. The van der Waals surface area contributed by atoms with Gasteiger partial charge in [0.1, 0.15) is 18.1 Å². The Bertz CT molecular complexity index is 659. The summed E-state index contributed by atoms with van der Waals surface area (Å²) in [5.74, 6) is -4.42. The SMILES string of the molecule is CSCCC(NC(=O)C(N)C(C)C)C(=O)NC(C(=O)NC(CC(N)=O)C(=O)O)C(C)O. The number of thioether (sulfide) groups is 1. The van der Waals surface area contributed by atoms with Crippen molar-refractivity contribution >= 4 is 41.4 Å². The van der Waals surface area contributed by atoms with E-state index in [0.717, 1.165) is 0 Å². The Kier molecular flexibility index (Phi) is 12.8. The number of carboxylic acid groups (broad SMARTS) is 1. The maximum absolute atomic E-state index is 12.7. The molecule has 0 saturated heterocycles. The molecule has 0 aromatic rings. The molecular weight excluding hydrogens is 430 g/mol. The highest BCUT2D eigenvalue weighted by atomic mass is 32.2. The van der Waals surface area contributed by atoms with Gasteiger partial charge in [0, 0.05) is 0 Å². The number of amides is 4. The molecule has 4 amide bonds. The van der Waals surface area contributed by atoms with Crippen LogP contribution in [0.25, 0.3) is 0 Å². The lowest BCUT2D eigenvalue weighted by Gasteiger charge is -2.26. The Morgan fingerprint density at radius 1 is 0.935 bits per heavy atom. The van der Waals surface area contributed by atoms with Gasteiger partial charge in [-0.05, 0) is 31.3 Å². The normalized spacial score (nSPS) is 15.8. The first-order valence-corrected chi connectivity index (χ1v) is 11.1. The number of hydrogen-bond donors (Lipinski definition) is 7. The lowest BCUT2D eigenvalue weighted by molar-refractivity contribution is -0.144. The van der Waals surface area contributed by atoms with E-state index in [0.29, 0.717) is 5.75 Å². The molecule has 0 saturated carbocycles. The van der Waals surface area contributed by atoms with Gasteiger partial charge in [-0.1, -0.05) is 13.8 Å². The number of carbonyl (C=O) groups excluding carboxylic acids is 4. The van der Waals surface area contributed by atoms with E-state index in [1.807, 2.05) is 6.26 Å². The highest BCUT2D eigenvalue weighted by molar-refractivity contribution is 7.98. The van der Waals surface area contributed by atoms with Crippen molar-refractivity contribution in [2.75, 3.05) is 12.0 Å². The van der Waals surface area contributed by atoms with Crippen molar-refractivity contribution < 1.29 is 34.2 Å². The highest BCUT2D eigenvalue weighted by Gasteiger charge is 2.33. The van der Waals surface area contributed by atoms with Gasteiger partial charge in [0.05, 0.1) is 18.6 Å². The Morgan fingerprint density at radius 3 is 1.90 bits per heavy atom. The Hall–Kier alpha value is -2.38. The van der Waals surface area contributed by atoms with Gasteiger partial charge < -0.3 is 37.6 Å². The van der Waals surface area contributed by atoms with Crippen LogP contribution in [0, 0.1) is 5.92 Å². The van der Waals surface area contributed by atoms with Crippen molar-refractivity contribution in [2.24, 2.45) is 17.4 Å². The standard InChI is InChI=1S/C18H33N5O7S/c1-8(2)13(20)16(27)21-10(5-6-31-4)15(26)23-14(9(3)24)17(28)22-11(18(29)30)7-12(19)25/h8-11,13-14,24H,5-7,20H2,1-4H3,(H2,19,25)(H,21,27)(H,22,28)(H,23,26)(H,29,30). The van der Waals surface area contributed by atoms with Crippen LogP contribution in [0.2, 0.25) is 0 Å². The highest BCUT2D eigenvalue weighted by Crippen LogP contribution is 2.06. The van der Waals surface area contributed by atoms with E-state index in [1.165, 1.54) is 18.7 Å². The van der Waals surface area contributed by atoms with E-state index in [9.17, 15) is 29.1 Å². The van der Waals surface area contributed by atoms with E-state index in [2.05, 4.69) is 16.0 Å². The predicted molar refractivity (Wildman–Crippen MR) is 115 cm³/mol. The molecule has 5 atom stereocenters. The van der Waals surface area contributed by atoms with Gasteiger partial charge in [0.15, 0.2) is 0 Å². The molecule has 0 fully saturated rings. The van der Waals surface area contributed by atoms with Gasteiger partial charge in [-0.3, -0.25) is 19.2 Å². The van der Waals surface area contributed by atoms with Gasteiger partial charge in [-0.25, -0.2) is 4.79 Å². The van der Waals surface area contributed by atoms with E-state index >= 15 is 0 Å². The number of aliphatic hydroxyl groups is 1. The van der Waals surface area contributed by atoms with Crippen molar-refractivity contribution in [3.05, 3.63) is 0 Å². The zero-order valence-corrected chi connectivity index (χ0v) is 18.9. The summed E-state index contributed by atoms with van der Waals surface area (Å²) in [6, 6.07) is -5.03. The van der Waals surface area contributed by atoms with Crippen molar-refractivity contribution in [3.63, 3.8) is 0 Å². The maximum atomic E-state index is 12.7. The monoisotopic (exact) mass is 463 g/mol. The molecule has 12 nitrogen and oxygen atoms in total. The summed E-state index contributed by atoms with van der Waals surface area (Å²) in [5, 5.41) is 26.0. The summed E-state index contributed by atoms with van der Waals surface area (Å²) in [6.07, 6.45) is -0.0205. The van der Waals surface area contributed by atoms with Crippen LogP contribution >= 0.6 is 11.8 Å². The second-order valence-corrected chi connectivity index (χ2v) is 8.39. The lowest BCUT2D eigenvalue weighted by Crippen LogP contribution is -2.60. The zero-order chi connectivity index (χ0) is 24.3. The smallest absolute Gasteiger partial charge is 0.326 e. The average molecular weight is 464 g/mol. The fourth-order valence-corrected chi connectivity index (χ4v) is 2.87. The number of primary amides is 1. The number of carbonyl (C=O) groups is 5. The van der Waals surface area contributed by atoms with E-state index in [4.69, 9.17) is 16.6 Å². The molecule has 0 heterocycles. The third-order valence-corrected chi connectivity index (χ3v) is 4.99. The van der Waals surface area contributed by atoms with Gasteiger partial charge in [-0.2, -0.15) is 11.8 Å². The molecule has 9 N–H and O–H groups in total. The van der Waals surface area contributed by atoms with Crippen LogP contribution in [0.1, 0.15) is 33.6 Å². The molecule has 0 rings (SSSR count). The number of nitrogens with two attached hydrogens (primary N) is 2. The second kappa shape index (κ2) is 13.8. The van der Waals surface area contributed by atoms with Gasteiger partial charge in [-0.15, -0.1) is 0 Å². The van der Waals surface area contributed by atoms with Crippen LogP contribution in [-0.2, 0) is 24.0 Å². The Balaban J connectivity index is 5.40. The molecule has 31 heavy (non-hydrogen) atoms. The third-order valence-electron chi connectivity index (χ3n) is 4.35.